The van der Waals surface area contributed by atoms with Crippen LogP contribution in [0.25, 0.3) is 0 Å². The molecule has 1 atom stereocenters. The molecule has 22 heavy (non-hydrogen) atoms. The molecule has 0 aliphatic heterocycles. The second kappa shape index (κ2) is 10.1. The van der Waals surface area contributed by atoms with Crippen LogP contribution < -0.4 is 11.1 Å². The first-order chi connectivity index (χ1) is 10.2. The van der Waals surface area contributed by atoms with E-state index in [0.717, 1.165) is 37.3 Å². The number of rotatable bonds is 9. The summed E-state index contributed by atoms with van der Waals surface area (Å²) < 4.78 is 0. The van der Waals surface area contributed by atoms with Crippen molar-refractivity contribution in [2.24, 2.45) is 11.7 Å². The van der Waals surface area contributed by atoms with E-state index in [1.54, 1.807) is 0 Å². The Morgan fingerprint density at radius 1 is 1.18 bits per heavy atom. The number of carbonyl (C=O) groups excluding carboxylic acids is 1. The van der Waals surface area contributed by atoms with Gasteiger partial charge in [-0.3, -0.25) is 4.79 Å². The molecule has 1 aromatic carbocycles. The molecule has 0 spiro atoms. The molecule has 5 heteroatoms. The number of benzene rings is 1. The van der Waals surface area contributed by atoms with Gasteiger partial charge in [-0.1, -0.05) is 36.6 Å². The molecule has 1 saturated carbocycles. The molecule has 3 nitrogen and oxygen atoms in total. The molecule has 1 aromatic rings. The standard InChI is InChI=1S/C17H25ClN2O.ClH/c18-15-10-8-14(9-11-15)17(13-6-7-13)20-16(21)5-3-1-2-4-12-19;/h8-11,13,17H,1-7,12,19H2,(H,20,21);1H. The molecular formula is C17H26Cl2N2O. The van der Waals surface area contributed by atoms with Crippen molar-refractivity contribution in [2.75, 3.05) is 6.54 Å². The summed E-state index contributed by atoms with van der Waals surface area (Å²) >= 11 is 5.93. The molecule has 1 fully saturated rings. The summed E-state index contributed by atoms with van der Waals surface area (Å²) in [5.74, 6) is 0.752. The molecule has 0 heterocycles. The van der Waals surface area contributed by atoms with Gasteiger partial charge in [0.1, 0.15) is 0 Å². The van der Waals surface area contributed by atoms with Crippen LogP contribution in [0.4, 0.5) is 0 Å². The van der Waals surface area contributed by atoms with Crippen molar-refractivity contribution in [3.63, 3.8) is 0 Å². The quantitative estimate of drug-likeness (QED) is 0.658. The molecule has 2 rings (SSSR count). The predicted molar refractivity (Wildman–Crippen MR) is 94.4 cm³/mol. The summed E-state index contributed by atoms with van der Waals surface area (Å²) in [5.41, 5.74) is 6.63. The lowest BCUT2D eigenvalue weighted by atomic mass is 10.0. The van der Waals surface area contributed by atoms with Crippen molar-refractivity contribution >= 4 is 29.9 Å². The number of hydrogen-bond acceptors (Lipinski definition) is 2. The zero-order chi connectivity index (χ0) is 15.1. The van der Waals surface area contributed by atoms with Crippen molar-refractivity contribution in [1.29, 1.82) is 0 Å². The summed E-state index contributed by atoms with van der Waals surface area (Å²) in [6.45, 7) is 0.743. The minimum Gasteiger partial charge on any atom is -0.349 e. The van der Waals surface area contributed by atoms with Gasteiger partial charge in [-0.05, 0) is 55.8 Å². The molecular weight excluding hydrogens is 319 g/mol. The van der Waals surface area contributed by atoms with Crippen molar-refractivity contribution < 1.29 is 4.79 Å². The van der Waals surface area contributed by atoms with Gasteiger partial charge in [-0.25, -0.2) is 0 Å². The van der Waals surface area contributed by atoms with Gasteiger partial charge >= 0.3 is 0 Å². The number of hydrogen-bond donors (Lipinski definition) is 2. The fourth-order valence-electron chi connectivity index (χ4n) is 2.60. The van der Waals surface area contributed by atoms with Crippen LogP contribution in [0.3, 0.4) is 0 Å². The summed E-state index contributed by atoms with van der Waals surface area (Å²) in [5, 5.41) is 3.93. The van der Waals surface area contributed by atoms with Gasteiger partial charge in [0.25, 0.3) is 0 Å². The maximum absolute atomic E-state index is 12.1. The zero-order valence-electron chi connectivity index (χ0n) is 12.9. The van der Waals surface area contributed by atoms with Crippen molar-refractivity contribution in [1.82, 2.24) is 5.32 Å². The monoisotopic (exact) mass is 344 g/mol. The van der Waals surface area contributed by atoms with Gasteiger partial charge in [-0.15, -0.1) is 12.4 Å². The number of unbranched alkanes of at least 4 members (excludes halogenated alkanes) is 3. The number of nitrogens with two attached hydrogens (primary N) is 1. The smallest absolute Gasteiger partial charge is 0.220 e. The summed E-state index contributed by atoms with van der Waals surface area (Å²) in [6, 6.07) is 7.98. The summed E-state index contributed by atoms with van der Waals surface area (Å²) in [4.78, 5) is 12.1. The zero-order valence-corrected chi connectivity index (χ0v) is 14.5. The van der Waals surface area contributed by atoms with E-state index < -0.39 is 0 Å². The van der Waals surface area contributed by atoms with Gasteiger partial charge in [0.15, 0.2) is 0 Å². The molecule has 0 radical (unpaired) electrons. The van der Waals surface area contributed by atoms with Crippen LogP contribution in [-0.4, -0.2) is 12.5 Å². The third-order valence-corrected chi connectivity index (χ3v) is 4.25. The van der Waals surface area contributed by atoms with Crippen LogP contribution in [0.5, 0.6) is 0 Å². The highest BCUT2D eigenvalue weighted by molar-refractivity contribution is 6.30. The second-order valence-electron chi connectivity index (χ2n) is 5.89. The molecule has 0 aromatic heterocycles. The first kappa shape index (κ1) is 19.3. The SMILES string of the molecule is Cl.NCCCCCCC(=O)NC(c1ccc(Cl)cc1)C1CC1. The van der Waals surface area contributed by atoms with Gasteiger partial charge < -0.3 is 11.1 Å². The molecule has 1 aliphatic carbocycles. The highest BCUT2D eigenvalue weighted by Gasteiger charge is 2.33. The topological polar surface area (TPSA) is 55.1 Å². The molecule has 3 N–H and O–H groups in total. The maximum Gasteiger partial charge on any atom is 0.220 e. The first-order valence-electron chi connectivity index (χ1n) is 7.95. The van der Waals surface area contributed by atoms with Crippen LogP contribution in [0.2, 0.25) is 5.02 Å². The normalized spacial score (nSPS) is 15.0. The van der Waals surface area contributed by atoms with E-state index in [2.05, 4.69) is 5.32 Å². The van der Waals surface area contributed by atoms with Gasteiger partial charge in [-0.2, -0.15) is 0 Å². The Bertz CT molecular complexity index is 446. The lowest BCUT2D eigenvalue weighted by molar-refractivity contribution is -0.122. The number of amides is 1. The van der Waals surface area contributed by atoms with Crippen LogP contribution in [0.15, 0.2) is 24.3 Å². The van der Waals surface area contributed by atoms with E-state index >= 15 is 0 Å². The third-order valence-electron chi connectivity index (χ3n) is 4.00. The van der Waals surface area contributed by atoms with Crippen LogP contribution in [0.1, 0.15) is 56.6 Å². The van der Waals surface area contributed by atoms with Gasteiger partial charge in [0.2, 0.25) is 5.91 Å². The molecule has 1 amide bonds. The van der Waals surface area contributed by atoms with Crippen molar-refractivity contribution in [3.8, 4) is 0 Å². The average molecular weight is 345 g/mol. The average Bonchev–Trinajstić information content (AvgIpc) is 3.30. The lowest BCUT2D eigenvalue weighted by Gasteiger charge is -2.19. The van der Waals surface area contributed by atoms with Crippen molar-refractivity contribution in [2.45, 2.75) is 51.0 Å². The number of nitrogens with one attached hydrogen (secondary N) is 1. The summed E-state index contributed by atoms with van der Waals surface area (Å²) in [6.07, 6.45) is 7.21. The van der Waals surface area contributed by atoms with Gasteiger partial charge in [0.05, 0.1) is 6.04 Å². The van der Waals surface area contributed by atoms with Crippen LogP contribution >= 0.6 is 24.0 Å². The predicted octanol–water partition coefficient (Wildman–Crippen LogP) is 4.24. The fourth-order valence-corrected chi connectivity index (χ4v) is 2.73. The molecule has 0 saturated heterocycles. The maximum atomic E-state index is 12.1. The third kappa shape index (κ3) is 6.55. The van der Waals surface area contributed by atoms with Gasteiger partial charge in [0, 0.05) is 11.4 Å². The highest BCUT2D eigenvalue weighted by Crippen LogP contribution is 2.41. The molecule has 1 unspecified atom stereocenters. The van der Waals surface area contributed by atoms with E-state index in [1.165, 1.54) is 18.4 Å². The van der Waals surface area contributed by atoms with Crippen LogP contribution in [0, 0.1) is 5.92 Å². The number of halogens is 2. The van der Waals surface area contributed by atoms with Crippen LogP contribution in [-0.2, 0) is 4.79 Å². The molecule has 0 bridgehead atoms. The summed E-state index contributed by atoms with van der Waals surface area (Å²) in [7, 11) is 0. The van der Waals surface area contributed by atoms with E-state index in [0.29, 0.717) is 12.3 Å². The Morgan fingerprint density at radius 2 is 1.82 bits per heavy atom. The molecule has 124 valence electrons. The Kier molecular flexibility index (Phi) is 8.84. The Morgan fingerprint density at radius 3 is 2.41 bits per heavy atom. The van der Waals surface area contributed by atoms with E-state index in [-0.39, 0.29) is 24.4 Å². The van der Waals surface area contributed by atoms with E-state index in [9.17, 15) is 4.79 Å². The minimum absolute atomic E-state index is 0. The first-order valence-corrected chi connectivity index (χ1v) is 8.33. The largest absolute Gasteiger partial charge is 0.349 e. The Balaban J connectivity index is 0.00000242. The van der Waals surface area contributed by atoms with Crippen molar-refractivity contribution in [3.05, 3.63) is 34.9 Å². The Labute approximate surface area is 144 Å². The minimum atomic E-state index is 0. The lowest BCUT2D eigenvalue weighted by Crippen LogP contribution is -2.29. The fraction of sp³-hybridized carbons (Fsp3) is 0.588. The molecule has 1 aliphatic rings. The van der Waals surface area contributed by atoms with E-state index in [4.69, 9.17) is 17.3 Å². The Hall–Kier alpha value is -0.770. The number of carbonyl (C=O) groups is 1. The highest BCUT2D eigenvalue weighted by atomic mass is 35.5. The van der Waals surface area contributed by atoms with E-state index in [1.807, 2.05) is 24.3 Å². The second-order valence-corrected chi connectivity index (χ2v) is 6.32.